The number of nitrogens with zero attached hydrogens (tertiary/aromatic N) is 3. The molecule has 0 unspecified atom stereocenters. The fourth-order valence-electron chi connectivity index (χ4n) is 2.70. The summed E-state index contributed by atoms with van der Waals surface area (Å²) in [5.41, 5.74) is -0.452. The van der Waals surface area contributed by atoms with E-state index in [1.54, 1.807) is 18.5 Å². The van der Waals surface area contributed by atoms with E-state index < -0.39 is 5.60 Å². The van der Waals surface area contributed by atoms with Crippen LogP contribution in [0.25, 0.3) is 0 Å². The Morgan fingerprint density at radius 2 is 2.04 bits per heavy atom. The molecule has 1 aliphatic heterocycles. The third kappa shape index (κ3) is 6.04. The number of carbonyl (C=O) groups is 1. The zero-order valence-electron chi connectivity index (χ0n) is 14.3. The first-order valence-corrected chi connectivity index (χ1v) is 8.35. The van der Waals surface area contributed by atoms with E-state index in [1.165, 1.54) is 0 Å². The molecule has 1 aromatic rings. The van der Waals surface area contributed by atoms with Crippen LogP contribution >= 0.6 is 0 Å². The lowest BCUT2D eigenvalue weighted by atomic mass is 9.98. The van der Waals surface area contributed by atoms with Crippen molar-refractivity contribution in [3.63, 3.8) is 0 Å². The van der Waals surface area contributed by atoms with Gasteiger partial charge in [0.25, 0.3) is 0 Å². The highest BCUT2D eigenvalue weighted by Crippen LogP contribution is 2.23. The lowest BCUT2D eigenvalue weighted by Crippen LogP contribution is -2.46. The summed E-state index contributed by atoms with van der Waals surface area (Å²) in [6, 6.07) is 2.40. The summed E-state index contributed by atoms with van der Waals surface area (Å²) in [7, 11) is 0. The Bertz CT molecular complexity index is 488. The molecule has 6 heteroatoms. The zero-order valence-corrected chi connectivity index (χ0v) is 14.3. The lowest BCUT2D eigenvalue weighted by Gasteiger charge is -2.36. The molecule has 1 aromatic heterocycles. The van der Waals surface area contributed by atoms with Crippen LogP contribution in [0.1, 0.15) is 52.9 Å². The van der Waals surface area contributed by atoms with Crippen molar-refractivity contribution in [3.8, 4) is 6.01 Å². The topological polar surface area (TPSA) is 64.5 Å². The maximum atomic E-state index is 12.3. The number of carbonyl (C=O) groups excluding carboxylic acids is 1. The van der Waals surface area contributed by atoms with Crippen molar-refractivity contribution >= 4 is 6.09 Å². The number of rotatable bonds is 5. The van der Waals surface area contributed by atoms with Crippen LogP contribution in [-0.2, 0) is 4.74 Å². The van der Waals surface area contributed by atoms with Gasteiger partial charge in [0.05, 0.1) is 6.61 Å². The molecule has 2 rings (SSSR count). The van der Waals surface area contributed by atoms with Gasteiger partial charge in [-0.3, -0.25) is 0 Å². The van der Waals surface area contributed by atoms with Crippen molar-refractivity contribution in [1.29, 1.82) is 0 Å². The van der Waals surface area contributed by atoms with Crippen molar-refractivity contribution in [2.45, 2.75) is 64.5 Å². The highest BCUT2D eigenvalue weighted by atomic mass is 16.6. The molecular weight excluding hydrogens is 294 g/mol. The maximum Gasteiger partial charge on any atom is 0.410 e. The second kappa shape index (κ2) is 8.13. The fraction of sp³-hybridized carbons (Fsp3) is 0.706. The number of aromatic nitrogens is 2. The average Bonchev–Trinajstić information content (AvgIpc) is 2.51. The van der Waals surface area contributed by atoms with Gasteiger partial charge in [-0.05, 0) is 58.9 Å². The second-order valence-electron chi connectivity index (χ2n) is 6.85. The molecule has 2 heterocycles. The van der Waals surface area contributed by atoms with E-state index in [2.05, 4.69) is 9.97 Å². The molecule has 1 aliphatic rings. The smallest absolute Gasteiger partial charge is 0.410 e. The maximum absolute atomic E-state index is 12.3. The fourth-order valence-corrected chi connectivity index (χ4v) is 2.70. The largest absolute Gasteiger partial charge is 0.463 e. The normalized spacial score (nSPS) is 18.6. The molecule has 1 fully saturated rings. The van der Waals surface area contributed by atoms with E-state index in [0.29, 0.717) is 12.6 Å². The Morgan fingerprint density at radius 3 is 2.74 bits per heavy atom. The zero-order chi connectivity index (χ0) is 16.7. The van der Waals surface area contributed by atoms with E-state index in [-0.39, 0.29) is 12.1 Å². The highest BCUT2D eigenvalue weighted by Gasteiger charge is 2.30. The van der Waals surface area contributed by atoms with Crippen LogP contribution < -0.4 is 4.74 Å². The van der Waals surface area contributed by atoms with Crippen LogP contribution in [0.5, 0.6) is 6.01 Å². The van der Waals surface area contributed by atoms with Crippen molar-refractivity contribution in [3.05, 3.63) is 18.5 Å². The summed E-state index contributed by atoms with van der Waals surface area (Å²) in [5.74, 6) is 0. The first-order valence-electron chi connectivity index (χ1n) is 8.35. The molecule has 23 heavy (non-hydrogen) atoms. The third-order valence-electron chi connectivity index (χ3n) is 3.71. The molecule has 0 saturated carbocycles. The Morgan fingerprint density at radius 1 is 1.30 bits per heavy atom. The van der Waals surface area contributed by atoms with Crippen molar-refractivity contribution < 1.29 is 14.3 Å². The van der Waals surface area contributed by atoms with Gasteiger partial charge in [0.15, 0.2) is 0 Å². The van der Waals surface area contributed by atoms with Crippen molar-refractivity contribution in [2.75, 3.05) is 13.2 Å². The quantitative estimate of drug-likeness (QED) is 0.777. The van der Waals surface area contributed by atoms with Gasteiger partial charge < -0.3 is 14.4 Å². The van der Waals surface area contributed by atoms with Gasteiger partial charge in [0.1, 0.15) is 5.60 Å². The predicted molar refractivity (Wildman–Crippen MR) is 87.3 cm³/mol. The van der Waals surface area contributed by atoms with E-state index in [9.17, 15) is 4.79 Å². The number of piperidine rings is 1. The molecule has 1 amide bonds. The monoisotopic (exact) mass is 321 g/mol. The minimum absolute atomic E-state index is 0.200. The van der Waals surface area contributed by atoms with Crippen molar-refractivity contribution in [2.24, 2.45) is 0 Å². The van der Waals surface area contributed by atoms with Gasteiger partial charge in [-0.15, -0.1) is 0 Å². The molecule has 0 N–H and O–H groups in total. The summed E-state index contributed by atoms with van der Waals surface area (Å²) >= 11 is 0. The number of hydrogen-bond donors (Lipinski definition) is 0. The van der Waals surface area contributed by atoms with Crippen LogP contribution in [0.3, 0.4) is 0 Å². The van der Waals surface area contributed by atoms with E-state index in [1.807, 2.05) is 25.7 Å². The highest BCUT2D eigenvalue weighted by molar-refractivity contribution is 5.68. The standard InChI is InChI=1S/C17H27N3O3/c1-17(2,3)23-16(21)20-12-5-4-8-14(20)9-6-13-22-15-18-10-7-11-19-15/h7,10-11,14H,4-6,8-9,12-13H2,1-3H3/t14-/m0/s1. The van der Waals surface area contributed by atoms with Crippen LogP contribution in [0.4, 0.5) is 4.79 Å². The number of hydrogen-bond acceptors (Lipinski definition) is 5. The first kappa shape index (κ1) is 17.5. The molecular formula is C17H27N3O3. The summed E-state index contributed by atoms with van der Waals surface area (Å²) in [4.78, 5) is 22.3. The SMILES string of the molecule is CC(C)(C)OC(=O)N1CCCC[C@H]1CCCOc1ncccn1. The molecule has 128 valence electrons. The van der Waals surface area contributed by atoms with Gasteiger partial charge in [0, 0.05) is 25.0 Å². The predicted octanol–water partition coefficient (Wildman–Crippen LogP) is 3.43. The Balaban J connectivity index is 1.78. The summed E-state index contributed by atoms with van der Waals surface area (Å²) in [5, 5.41) is 0. The summed E-state index contributed by atoms with van der Waals surface area (Å²) < 4.78 is 11.0. The van der Waals surface area contributed by atoms with Gasteiger partial charge in [0.2, 0.25) is 0 Å². The van der Waals surface area contributed by atoms with E-state index in [4.69, 9.17) is 9.47 Å². The minimum atomic E-state index is -0.452. The van der Waals surface area contributed by atoms with Gasteiger partial charge in [-0.1, -0.05) is 0 Å². The molecule has 6 nitrogen and oxygen atoms in total. The van der Waals surface area contributed by atoms with Crippen molar-refractivity contribution in [1.82, 2.24) is 14.9 Å². The first-order chi connectivity index (χ1) is 11.0. The molecule has 1 atom stereocenters. The van der Waals surface area contributed by atoms with Gasteiger partial charge in [-0.25, -0.2) is 14.8 Å². The number of amides is 1. The summed E-state index contributed by atoms with van der Waals surface area (Å²) in [6.07, 6.45) is 8.13. The molecule has 0 aromatic carbocycles. The Hall–Kier alpha value is -1.85. The average molecular weight is 321 g/mol. The molecule has 0 radical (unpaired) electrons. The molecule has 0 aliphatic carbocycles. The Labute approximate surface area is 138 Å². The van der Waals surface area contributed by atoms with Crippen LogP contribution in [0.15, 0.2) is 18.5 Å². The number of likely N-dealkylation sites (tertiary alicyclic amines) is 1. The van der Waals surface area contributed by atoms with Crippen LogP contribution in [0.2, 0.25) is 0 Å². The number of ether oxygens (including phenoxy) is 2. The van der Waals surface area contributed by atoms with Gasteiger partial charge in [-0.2, -0.15) is 0 Å². The van der Waals surface area contributed by atoms with Crippen LogP contribution in [0, 0.1) is 0 Å². The molecule has 0 bridgehead atoms. The minimum Gasteiger partial charge on any atom is -0.463 e. The molecule has 0 spiro atoms. The van der Waals surface area contributed by atoms with Gasteiger partial charge >= 0.3 is 12.1 Å². The summed E-state index contributed by atoms with van der Waals surface area (Å²) in [6.45, 7) is 7.04. The third-order valence-corrected chi connectivity index (χ3v) is 3.71. The second-order valence-corrected chi connectivity index (χ2v) is 6.85. The Kier molecular flexibility index (Phi) is 6.19. The van der Waals surface area contributed by atoms with E-state index in [0.717, 1.165) is 38.6 Å². The molecule has 1 saturated heterocycles. The van der Waals surface area contributed by atoms with Crippen LogP contribution in [-0.4, -0.2) is 45.8 Å². The van der Waals surface area contributed by atoms with E-state index >= 15 is 0 Å². The lowest BCUT2D eigenvalue weighted by molar-refractivity contribution is 0.00820.